The highest BCUT2D eigenvalue weighted by Crippen LogP contribution is 2.28. The maximum atomic E-state index is 6.01. The monoisotopic (exact) mass is 291 g/mol. The van der Waals surface area contributed by atoms with E-state index in [2.05, 4.69) is 29.2 Å². The first kappa shape index (κ1) is 15.0. The largest absolute Gasteiger partial charge is 0.374 e. The maximum Gasteiger partial charge on any atom is 0.0736 e. The van der Waals surface area contributed by atoms with Gasteiger partial charge in [0.1, 0.15) is 0 Å². The molecule has 0 spiro atoms. The molecule has 4 heteroatoms. The van der Waals surface area contributed by atoms with Crippen molar-refractivity contribution in [3.63, 3.8) is 0 Å². The zero-order valence-corrected chi connectivity index (χ0v) is 13.4. The van der Waals surface area contributed by atoms with E-state index in [1.54, 1.807) is 0 Å². The molecule has 1 aromatic rings. The van der Waals surface area contributed by atoms with Crippen molar-refractivity contribution in [2.24, 2.45) is 0 Å². The molecule has 118 valence electrons. The number of rotatable bonds is 5. The number of nitrogens with zero attached hydrogens (tertiary/aromatic N) is 2. The van der Waals surface area contributed by atoms with Crippen molar-refractivity contribution in [3.8, 4) is 0 Å². The van der Waals surface area contributed by atoms with Gasteiger partial charge in [-0.15, -0.1) is 0 Å². The predicted octanol–water partition coefficient (Wildman–Crippen LogP) is 3.09. The first-order valence-corrected chi connectivity index (χ1v) is 8.63. The fourth-order valence-corrected chi connectivity index (χ4v) is 3.81. The van der Waals surface area contributed by atoms with E-state index in [-0.39, 0.29) is 0 Å². The van der Waals surface area contributed by atoms with E-state index in [4.69, 9.17) is 9.84 Å². The lowest BCUT2D eigenvalue weighted by Crippen LogP contribution is -2.39. The van der Waals surface area contributed by atoms with E-state index in [1.165, 1.54) is 44.2 Å². The van der Waals surface area contributed by atoms with Gasteiger partial charge in [-0.05, 0) is 45.7 Å². The molecule has 1 aliphatic carbocycles. The third-order valence-electron chi connectivity index (χ3n) is 5.13. The van der Waals surface area contributed by atoms with E-state index in [0.717, 1.165) is 12.8 Å². The summed E-state index contributed by atoms with van der Waals surface area (Å²) in [5, 5.41) is 8.26. The molecule has 2 aliphatic rings. The van der Waals surface area contributed by atoms with Crippen LogP contribution in [0.4, 0.5) is 0 Å². The summed E-state index contributed by atoms with van der Waals surface area (Å²) in [6, 6.07) is 3.20. The fraction of sp³-hybridized carbons (Fsp3) is 0.824. The Hall–Kier alpha value is -0.870. The number of aromatic nitrogens is 2. The molecule has 2 fully saturated rings. The summed E-state index contributed by atoms with van der Waals surface area (Å²) in [6.45, 7) is 2.17. The SMILES string of the molecule is CNC(Cc1ccn(C2CCCCC2)n1)C1CCC(C)O1. The Balaban J connectivity index is 1.60. The van der Waals surface area contributed by atoms with E-state index in [0.29, 0.717) is 24.3 Å². The second-order valence-electron chi connectivity index (χ2n) is 6.74. The third kappa shape index (κ3) is 3.67. The lowest BCUT2D eigenvalue weighted by atomic mass is 9.96. The molecule has 2 heterocycles. The highest BCUT2D eigenvalue weighted by molar-refractivity contribution is 5.04. The summed E-state index contributed by atoms with van der Waals surface area (Å²) in [7, 11) is 2.04. The van der Waals surface area contributed by atoms with Crippen LogP contribution in [-0.4, -0.2) is 35.1 Å². The Morgan fingerprint density at radius 3 is 2.76 bits per heavy atom. The van der Waals surface area contributed by atoms with Gasteiger partial charge < -0.3 is 10.1 Å². The van der Waals surface area contributed by atoms with Gasteiger partial charge in [-0.25, -0.2) is 0 Å². The van der Waals surface area contributed by atoms with Gasteiger partial charge in [-0.1, -0.05) is 19.3 Å². The van der Waals surface area contributed by atoms with E-state index >= 15 is 0 Å². The zero-order chi connectivity index (χ0) is 14.7. The molecule has 0 radical (unpaired) electrons. The molecular weight excluding hydrogens is 262 g/mol. The second-order valence-corrected chi connectivity index (χ2v) is 6.74. The molecule has 1 aromatic heterocycles. The second kappa shape index (κ2) is 6.93. The molecule has 0 amide bonds. The normalized spacial score (nSPS) is 28.9. The third-order valence-corrected chi connectivity index (χ3v) is 5.13. The minimum absolute atomic E-state index is 0.338. The lowest BCUT2D eigenvalue weighted by Gasteiger charge is -2.23. The molecule has 0 aromatic carbocycles. The van der Waals surface area contributed by atoms with Crippen LogP contribution >= 0.6 is 0 Å². The molecule has 1 N–H and O–H groups in total. The minimum Gasteiger partial charge on any atom is -0.374 e. The van der Waals surface area contributed by atoms with Crippen molar-refractivity contribution in [1.82, 2.24) is 15.1 Å². The molecular formula is C17H29N3O. The van der Waals surface area contributed by atoms with E-state index < -0.39 is 0 Å². The molecule has 4 nitrogen and oxygen atoms in total. The van der Waals surface area contributed by atoms with Crippen molar-refractivity contribution in [2.75, 3.05) is 7.05 Å². The highest BCUT2D eigenvalue weighted by Gasteiger charge is 2.29. The topological polar surface area (TPSA) is 39.1 Å². The number of hydrogen-bond donors (Lipinski definition) is 1. The summed E-state index contributed by atoms with van der Waals surface area (Å²) in [4.78, 5) is 0. The Kier molecular flexibility index (Phi) is 4.96. The lowest BCUT2D eigenvalue weighted by molar-refractivity contribution is 0.0335. The van der Waals surface area contributed by atoms with Crippen molar-refractivity contribution in [2.45, 2.75) is 82.6 Å². The quantitative estimate of drug-likeness (QED) is 0.906. The van der Waals surface area contributed by atoms with E-state index in [9.17, 15) is 0 Å². The number of hydrogen-bond acceptors (Lipinski definition) is 3. The predicted molar refractivity (Wildman–Crippen MR) is 84.5 cm³/mol. The van der Waals surface area contributed by atoms with Gasteiger partial charge in [0.25, 0.3) is 0 Å². The van der Waals surface area contributed by atoms with Crippen molar-refractivity contribution in [3.05, 3.63) is 18.0 Å². The Morgan fingerprint density at radius 1 is 1.29 bits per heavy atom. The molecule has 21 heavy (non-hydrogen) atoms. The Morgan fingerprint density at radius 2 is 2.10 bits per heavy atom. The van der Waals surface area contributed by atoms with Crippen LogP contribution in [0, 0.1) is 0 Å². The standard InChI is InChI=1S/C17H29N3O/c1-13-8-9-17(21-13)16(18-2)12-14-10-11-20(19-14)15-6-4-3-5-7-15/h10-11,13,15-18H,3-9,12H2,1-2H3. The Bertz CT molecular complexity index is 439. The van der Waals surface area contributed by atoms with E-state index in [1.807, 2.05) is 7.05 Å². The molecule has 3 atom stereocenters. The number of likely N-dealkylation sites (N-methyl/N-ethyl adjacent to an activating group) is 1. The summed E-state index contributed by atoms with van der Waals surface area (Å²) in [5.41, 5.74) is 1.20. The summed E-state index contributed by atoms with van der Waals surface area (Å²) < 4.78 is 8.22. The van der Waals surface area contributed by atoms with Crippen LogP contribution in [0.15, 0.2) is 12.3 Å². The van der Waals surface area contributed by atoms with Gasteiger partial charge in [0.2, 0.25) is 0 Å². The van der Waals surface area contributed by atoms with Gasteiger partial charge in [0, 0.05) is 18.7 Å². The Labute approximate surface area is 128 Å². The fourth-order valence-electron chi connectivity index (χ4n) is 3.81. The van der Waals surface area contributed by atoms with Crippen LogP contribution < -0.4 is 5.32 Å². The summed E-state index contributed by atoms with van der Waals surface area (Å²) in [5.74, 6) is 0. The van der Waals surface area contributed by atoms with Crippen LogP contribution in [0.5, 0.6) is 0 Å². The summed E-state index contributed by atoms with van der Waals surface area (Å²) in [6.07, 6.45) is 12.9. The average Bonchev–Trinajstić information content (AvgIpc) is 3.15. The molecule has 1 saturated heterocycles. The van der Waals surface area contributed by atoms with Gasteiger partial charge in [0.15, 0.2) is 0 Å². The van der Waals surface area contributed by atoms with Crippen molar-refractivity contribution < 1.29 is 4.74 Å². The van der Waals surface area contributed by atoms with Gasteiger partial charge in [-0.2, -0.15) is 5.10 Å². The van der Waals surface area contributed by atoms with Crippen LogP contribution in [0.25, 0.3) is 0 Å². The molecule has 3 unspecified atom stereocenters. The first-order chi connectivity index (χ1) is 10.3. The highest BCUT2D eigenvalue weighted by atomic mass is 16.5. The van der Waals surface area contributed by atoms with Gasteiger partial charge in [0.05, 0.1) is 23.9 Å². The minimum atomic E-state index is 0.338. The van der Waals surface area contributed by atoms with Gasteiger partial charge >= 0.3 is 0 Å². The molecule has 0 bridgehead atoms. The van der Waals surface area contributed by atoms with Crippen molar-refractivity contribution >= 4 is 0 Å². The van der Waals surface area contributed by atoms with Crippen LogP contribution in [-0.2, 0) is 11.2 Å². The molecule has 1 saturated carbocycles. The molecule has 1 aliphatic heterocycles. The van der Waals surface area contributed by atoms with Crippen molar-refractivity contribution in [1.29, 1.82) is 0 Å². The molecule has 3 rings (SSSR count). The van der Waals surface area contributed by atoms with Gasteiger partial charge in [-0.3, -0.25) is 4.68 Å². The van der Waals surface area contributed by atoms with Crippen LogP contribution in [0.3, 0.4) is 0 Å². The number of ether oxygens (including phenoxy) is 1. The zero-order valence-electron chi connectivity index (χ0n) is 13.4. The number of nitrogens with one attached hydrogen (secondary N) is 1. The van der Waals surface area contributed by atoms with Crippen LogP contribution in [0.2, 0.25) is 0 Å². The smallest absolute Gasteiger partial charge is 0.0736 e. The van der Waals surface area contributed by atoms with Crippen LogP contribution in [0.1, 0.15) is 63.6 Å². The maximum absolute atomic E-state index is 6.01. The summed E-state index contributed by atoms with van der Waals surface area (Å²) >= 11 is 0. The first-order valence-electron chi connectivity index (χ1n) is 8.63. The average molecular weight is 291 g/mol.